The summed E-state index contributed by atoms with van der Waals surface area (Å²) >= 11 is 0. The largest absolute Gasteiger partial charge is 0.462 e. The summed E-state index contributed by atoms with van der Waals surface area (Å²) in [6.07, 6.45) is -2.11. The summed E-state index contributed by atoms with van der Waals surface area (Å²) in [6.45, 7) is 0.262. The average Bonchev–Trinajstić information content (AvgIpc) is 3.59. The molecule has 0 spiro atoms. The number of fused-ring (bicyclic) bond motifs is 1. The number of alkyl halides is 3. The van der Waals surface area contributed by atoms with E-state index in [1.54, 1.807) is 0 Å². The molecule has 4 aliphatic rings. The zero-order valence-corrected chi connectivity index (χ0v) is 21.3. The SMILES string of the molecule is CCC1(OC(=O)C2C3CC4C(OC(=O)C42)C3OC(=O)CCC(=O)OCC(F)C(F)(F)S(=O)(=O)O)CCCC1. The fraction of sp³-hybridized carbons (Fsp3) is 0.826. The Balaban J connectivity index is 1.31. The minimum atomic E-state index is -6.07. The van der Waals surface area contributed by atoms with Crippen LogP contribution < -0.4 is 0 Å². The van der Waals surface area contributed by atoms with Crippen LogP contribution in [0.1, 0.15) is 58.3 Å². The predicted octanol–water partition coefficient (Wildman–Crippen LogP) is 2.11. The van der Waals surface area contributed by atoms with Crippen molar-refractivity contribution in [1.82, 2.24) is 0 Å². The Morgan fingerprint density at radius 1 is 1.16 bits per heavy atom. The molecule has 0 aromatic rings. The van der Waals surface area contributed by atoms with Crippen LogP contribution in [0.25, 0.3) is 0 Å². The van der Waals surface area contributed by atoms with Crippen LogP contribution in [0.15, 0.2) is 0 Å². The second-order valence-corrected chi connectivity index (χ2v) is 11.8. The molecule has 1 saturated heterocycles. The zero-order chi connectivity index (χ0) is 28.0. The fourth-order valence-electron chi connectivity index (χ4n) is 6.21. The lowest BCUT2D eigenvalue weighted by molar-refractivity contribution is -0.175. The molecule has 1 N–H and O–H groups in total. The normalized spacial score (nSPS) is 32.1. The summed E-state index contributed by atoms with van der Waals surface area (Å²) in [4.78, 5) is 49.9. The monoisotopic (exact) mass is 570 g/mol. The molecule has 11 nitrogen and oxygen atoms in total. The summed E-state index contributed by atoms with van der Waals surface area (Å²) in [5.41, 5.74) is -0.572. The molecule has 4 rings (SSSR count). The molecule has 214 valence electrons. The van der Waals surface area contributed by atoms with E-state index in [1.807, 2.05) is 6.92 Å². The highest BCUT2D eigenvalue weighted by Crippen LogP contribution is 2.59. The van der Waals surface area contributed by atoms with E-state index in [2.05, 4.69) is 4.74 Å². The Bertz CT molecular complexity index is 1090. The minimum absolute atomic E-state index is 0.320. The van der Waals surface area contributed by atoms with Crippen LogP contribution >= 0.6 is 0 Å². The maximum Gasteiger partial charge on any atom is 0.403 e. The van der Waals surface area contributed by atoms with Gasteiger partial charge in [0.25, 0.3) is 0 Å². The van der Waals surface area contributed by atoms with E-state index in [0.29, 0.717) is 12.8 Å². The number of hydrogen-bond acceptors (Lipinski definition) is 10. The van der Waals surface area contributed by atoms with Crippen molar-refractivity contribution in [1.29, 1.82) is 0 Å². The van der Waals surface area contributed by atoms with E-state index in [0.717, 1.165) is 25.7 Å². The van der Waals surface area contributed by atoms with Crippen molar-refractivity contribution in [2.24, 2.45) is 23.7 Å². The van der Waals surface area contributed by atoms with Gasteiger partial charge in [-0.05, 0) is 38.5 Å². The lowest BCUT2D eigenvalue weighted by atomic mass is 9.78. The van der Waals surface area contributed by atoms with Crippen LogP contribution in [0.2, 0.25) is 0 Å². The van der Waals surface area contributed by atoms with E-state index in [4.69, 9.17) is 18.8 Å². The molecule has 3 saturated carbocycles. The fourth-order valence-corrected chi connectivity index (χ4v) is 6.60. The van der Waals surface area contributed by atoms with Gasteiger partial charge >= 0.3 is 39.2 Å². The molecule has 0 aromatic carbocycles. The number of rotatable bonds is 11. The summed E-state index contributed by atoms with van der Waals surface area (Å²) in [6, 6.07) is 0. The van der Waals surface area contributed by atoms with Gasteiger partial charge in [0, 0.05) is 11.8 Å². The molecule has 38 heavy (non-hydrogen) atoms. The molecule has 0 aromatic heterocycles. The molecule has 4 fully saturated rings. The molecule has 1 aliphatic heterocycles. The van der Waals surface area contributed by atoms with Gasteiger partial charge in [-0.3, -0.25) is 23.7 Å². The Morgan fingerprint density at radius 3 is 2.39 bits per heavy atom. The van der Waals surface area contributed by atoms with Gasteiger partial charge in [0.2, 0.25) is 6.17 Å². The third-order valence-electron chi connectivity index (χ3n) is 8.19. The molecule has 15 heteroatoms. The summed E-state index contributed by atoms with van der Waals surface area (Å²) < 4.78 is 90.3. The molecule has 3 aliphatic carbocycles. The third kappa shape index (κ3) is 5.10. The topological polar surface area (TPSA) is 160 Å². The van der Waals surface area contributed by atoms with E-state index in [1.165, 1.54) is 0 Å². The van der Waals surface area contributed by atoms with E-state index in [-0.39, 0.29) is 5.92 Å². The third-order valence-corrected chi connectivity index (χ3v) is 9.14. The maximum atomic E-state index is 13.4. The molecular formula is C23H29F3O11S. The van der Waals surface area contributed by atoms with Crippen molar-refractivity contribution in [3.63, 3.8) is 0 Å². The van der Waals surface area contributed by atoms with Gasteiger partial charge in [0.1, 0.15) is 24.4 Å². The van der Waals surface area contributed by atoms with E-state index < -0.39 is 100 Å². The molecule has 7 atom stereocenters. The van der Waals surface area contributed by atoms with Gasteiger partial charge in [-0.15, -0.1) is 0 Å². The molecule has 0 amide bonds. The highest BCUT2D eigenvalue weighted by Gasteiger charge is 2.70. The quantitative estimate of drug-likeness (QED) is 0.220. The van der Waals surface area contributed by atoms with Crippen LogP contribution in [-0.4, -0.2) is 72.7 Å². The van der Waals surface area contributed by atoms with Crippen LogP contribution in [0.3, 0.4) is 0 Å². The van der Waals surface area contributed by atoms with Gasteiger partial charge < -0.3 is 18.9 Å². The number of halogens is 3. The van der Waals surface area contributed by atoms with Crippen molar-refractivity contribution in [2.45, 2.75) is 87.5 Å². The first-order chi connectivity index (χ1) is 17.7. The first-order valence-electron chi connectivity index (χ1n) is 12.5. The predicted molar refractivity (Wildman–Crippen MR) is 118 cm³/mol. The number of carbonyl (C=O) groups excluding carboxylic acids is 4. The Kier molecular flexibility index (Phi) is 7.73. The van der Waals surface area contributed by atoms with Gasteiger partial charge in [0.05, 0.1) is 24.7 Å². The van der Waals surface area contributed by atoms with Gasteiger partial charge in [-0.1, -0.05) is 6.92 Å². The first-order valence-corrected chi connectivity index (χ1v) is 13.9. The second-order valence-electron chi connectivity index (χ2n) is 10.3. The summed E-state index contributed by atoms with van der Waals surface area (Å²) in [7, 11) is -6.07. The van der Waals surface area contributed by atoms with Crippen LogP contribution in [0.4, 0.5) is 13.2 Å². The second kappa shape index (κ2) is 10.3. The highest BCUT2D eigenvalue weighted by atomic mass is 32.2. The zero-order valence-electron chi connectivity index (χ0n) is 20.5. The molecule has 7 unspecified atom stereocenters. The van der Waals surface area contributed by atoms with E-state index in [9.17, 15) is 40.8 Å². The van der Waals surface area contributed by atoms with Crippen LogP contribution in [-0.2, 0) is 48.2 Å². The molecule has 0 radical (unpaired) electrons. The van der Waals surface area contributed by atoms with Gasteiger partial charge in [0.15, 0.2) is 0 Å². The first kappa shape index (κ1) is 28.6. The van der Waals surface area contributed by atoms with Crippen molar-refractivity contribution in [3.05, 3.63) is 0 Å². The molecule has 1 heterocycles. The molecule has 2 bridgehead atoms. The smallest absolute Gasteiger partial charge is 0.403 e. The Hall–Kier alpha value is -2.42. The van der Waals surface area contributed by atoms with Crippen LogP contribution in [0.5, 0.6) is 0 Å². The average molecular weight is 571 g/mol. The standard InChI is InChI=1S/C23H29F3O11S/c1-2-22(7-3-4-8-22)37-21(30)17-12-9-11-16(17)20(29)36-19(11)18(12)35-15(28)6-5-14(27)34-10-13(24)23(25,26)38(31,32)33/h11-13,16-19H,2-10H2,1H3,(H,31,32,33). The highest BCUT2D eigenvalue weighted by molar-refractivity contribution is 7.86. The Morgan fingerprint density at radius 2 is 1.79 bits per heavy atom. The number of ether oxygens (including phenoxy) is 4. The van der Waals surface area contributed by atoms with E-state index >= 15 is 0 Å². The van der Waals surface area contributed by atoms with Crippen molar-refractivity contribution >= 4 is 34.0 Å². The van der Waals surface area contributed by atoms with Crippen molar-refractivity contribution < 1.29 is 64.3 Å². The number of hydrogen-bond donors (Lipinski definition) is 1. The minimum Gasteiger partial charge on any atom is -0.462 e. The Labute approximate surface area is 216 Å². The van der Waals surface area contributed by atoms with Gasteiger partial charge in [-0.2, -0.15) is 17.2 Å². The summed E-state index contributed by atoms with van der Waals surface area (Å²) in [5.74, 6) is -5.63. The number of carbonyl (C=O) groups is 4. The molecular weight excluding hydrogens is 541 g/mol. The lowest BCUT2D eigenvalue weighted by Gasteiger charge is -2.34. The van der Waals surface area contributed by atoms with Crippen LogP contribution in [0, 0.1) is 23.7 Å². The van der Waals surface area contributed by atoms with Crippen molar-refractivity contribution in [2.75, 3.05) is 6.61 Å². The van der Waals surface area contributed by atoms with Gasteiger partial charge in [-0.25, -0.2) is 4.39 Å². The maximum absolute atomic E-state index is 13.4. The van der Waals surface area contributed by atoms with Crippen molar-refractivity contribution in [3.8, 4) is 0 Å². The number of esters is 4. The lowest BCUT2D eigenvalue weighted by Crippen LogP contribution is -2.45. The summed E-state index contributed by atoms with van der Waals surface area (Å²) in [5, 5.41) is -5.18.